The van der Waals surface area contributed by atoms with Crippen LogP contribution in [-0.2, 0) is 10.0 Å². The highest BCUT2D eigenvalue weighted by Gasteiger charge is 2.27. The minimum absolute atomic E-state index is 0.116. The molecule has 2 heterocycles. The highest BCUT2D eigenvalue weighted by Crippen LogP contribution is 2.13. The molecule has 0 saturated carbocycles. The van der Waals surface area contributed by atoms with Crippen molar-refractivity contribution in [3.05, 3.63) is 70.9 Å². The summed E-state index contributed by atoms with van der Waals surface area (Å²) in [6, 6.07) is 12.8. The van der Waals surface area contributed by atoms with Crippen LogP contribution in [0.2, 0.25) is 0 Å². The first-order chi connectivity index (χ1) is 12.5. The molecule has 1 fully saturated rings. The van der Waals surface area contributed by atoms with Gasteiger partial charge in [0.1, 0.15) is 0 Å². The molecule has 1 aliphatic heterocycles. The lowest BCUT2D eigenvalue weighted by molar-refractivity contribution is 0.0698. The van der Waals surface area contributed by atoms with Gasteiger partial charge in [0.15, 0.2) is 0 Å². The predicted molar refractivity (Wildman–Crippen MR) is 101 cm³/mol. The Balaban J connectivity index is 1.61. The van der Waals surface area contributed by atoms with Gasteiger partial charge in [-0.3, -0.25) is 9.78 Å². The van der Waals surface area contributed by atoms with Crippen LogP contribution in [0.5, 0.6) is 0 Å². The van der Waals surface area contributed by atoms with Gasteiger partial charge in [-0.25, -0.2) is 8.42 Å². The fourth-order valence-electron chi connectivity index (χ4n) is 2.74. The fraction of sp³-hybridized carbons (Fsp3) is 0.263. The van der Waals surface area contributed by atoms with Gasteiger partial charge >= 0.3 is 0 Å². The van der Waals surface area contributed by atoms with Crippen molar-refractivity contribution >= 4 is 22.0 Å². The van der Waals surface area contributed by atoms with Crippen molar-refractivity contribution in [3.63, 3.8) is 0 Å². The largest absolute Gasteiger partial charge is 0.336 e. The molecule has 136 valence electrons. The summed E-state index contributed by atoms with van der Waals surface area (Å²) in [6.07, 6.45) is 3.15. The molecule has 0 atom stereocenters. The number of carbonyl (C=O) groups excluding carboxylic acids is 1. The molecule has 6 nitrogen and oxygen atoms in total. The minimum atomic E-state index is -3.50. The van der Waals surface area contributed by atoms with Crippen LogP contribution in [-0.4, -0.2) is 54.7 Å². The van der Waals surface area contributed by atoms with E-state index in [9.17, 15) is 13.2 Å². The van der Waals surface area contributed by atoms with E-state index in [0.29, 0.717) is 18.7 Å². The number of hydrogen-bond acceptors (Lipinski definition) is 4. The number of nitrogens with zero attached hydrogens (tertiary/aromatic N) is 3. The van der Waals surface area contributed by atoms with Gasteiger partial charge in [-0.15, -0.1) is 0 Å². The van der Waals surface area contributed by atoms with Crippen LogP contribution in [0.15, 0.2) is 54.1 Å². The molecule has 1 saturated heterocycles. The van der Waals surface area contributed by atoms with Gasteiger partial charge in [0.05, 0.1) is 5.56 Å². The third-order valence-corrected chi connectivity index (χ3v) is 5.84. The van der Waals surface area contributed by atoms with E-state index in [1.807, 2.05) is 37.3 Å². The number of amides is 1. The van der Waals surface area contributed by atoms with Crippen molar-refractivity contribution in [3.8, 4) is 0 Å². The van der Waals surface area contributed by atoms with Crippen molar-refractivity contribution in [1.82, 2.24) is 14.2 Å². The van der Waals surface area contributed by atoms with Crippen molar-refractivity contribution in [1.29, 1.82) is 0 Å². The van der Waals surface area contributed by atoms with Crippen LogP contribution in [0.4, 0.5) is 0 Å². The summed E-state index contributed by atoms with van der Waals surface area (Å²) in [5, 5.41) is 1.23. The van der Waals surface area contributed by atoms with E-state index in [-0.39, 0.29) is 19.0 Å². The van der Waals surface area contributed by atoms with Crippen LogP contribution in [0.3, 0.4) is 0 Å². The number of pyridine rings is 1. The predicted octanol–water partition coefficient (Wildman–Crippen LogP) is 2.15. The Bertz CT molecular complexity index is 885. The molecule has 1 aromatic carbocycles. The summed E-state index contributed by atoms with van der Waals surface area (Å²) < 4.78 is 26.3. The number of rotatable bonds is 4. The maximum absolute atomic E-state index is 12.5. The van der Waals surface area contributed by atoms with E-state index in [0.717, 1.165) is 11.3 Å². The Morgan fingerprint density at radius 3 is 2.35 bits per heavy atom. The van der Waals surface area contributed by atoms with Crippen LogP contribution < -0.4 is 0 Å². The maximum atomic E-state index is 12.5. The van der Waals surface area contributed by atoms with Gasteiger partial charge in [-0.05, 0) is 30.7 Å². The summed E-state index contributed by atoms with van der Waals surface area (Å²) in [6.45, 7) is 3.16. The van der Waals surface area contributed by atoms with Gasteiger partial charge in [0.25, 0.3) is 5.91 Å². The molecular weight excluding hydrogens is 350 g/mol. The number of piperazine rings is 1. The number of aromatic nitrogens is 1. The molecule has 1 aromatic heterocycles. The lowest BCUT2D eigenvalue weighted by Crippen LogP contribution is -2.50. The van der Waals surface area contributed by atoms with Gasteiger partial charge in [-0.2, -0.15) is 4.31 Å². The quantitative estimate of drug-likeness (QED) is 0.826. The number of carbonyl (C=O) groups is 1. The van der Waals surface area contributed by atoms with Crippen LogP contribution in [0.1, 0.15) is 21.6 Å². The zero-order valence-corrected chi connectivity index (χ0v) is 15.4. The average Bonchev–Trinajstić information content (AvgIpc) is 2.67. The van der Waals surface area contributed by atoms with Gasteiger partial charge < -0.3 is 4.90 Å². The molecule has 0 radical (unpaired) electrons. The molecule has 7 heteroatoms. The first-order valence-electron chi connectivity index (χ1n) is 8.41. The summed E-state index contributed by atoms with van der Waals surface area (Å²) in [5.41, 5.74) is 2.20. The Hall–Kier alpha value is -2.51. The number of aryl methyl sites for hydroxylation is 1. The van der Waals surface area contributed by atoms with E-state index in [4.69, 9.17) is 0 Å². The molecule has 0 N–H and O–H groups in total. The van der Waals surface area contributed by atoms with Crippen LogP contribution >= 0.6 is 0 Å². The Morgan fingerprint density at radius 1 is 1.04 bits per heavy atom. The third-order valence-electron chi connectivity index (χ3n) is 4.28. The van der Waals surface area contributed by atoms with E-state index in [1.165, 1.54) is 9.71 Å². The molecule has 0 bridgehead atoms. The molecule has 0 spiro atoms. The van der Waals surface area contributed by atoms with Gasteiger partial charge in [0, 0.05) is 43.5 Å². The average molecular weight is 371 g/mol. The van der Waals surface area contributed by atoms with Crippen LogP contribution in [0, 0.1) is 6.92 Å². The monoisotopic (exact) mass is 371 g/mol. The Morgan fingerprint density at radius 2 is 1.73 bits per heavy atom. The maximum Gasteiger partial charge on any atom is 0.255 e. The summed E-state index contributed by atoms with van der Waals surface area (Å²) in [4.78, 5) is 18.3. The minimum Gasteiger partial charge on any atom is -0.336 e. The second-order valence-electron chi connectivity index (χ2n) is 6.14. The molecule has 1 amide bonds. The van der Waals surface area contributed by atoms with E-state index >= 15 is 0 Å². The van der Waals surface area contributed by atoms with Crippen molar-refractivity contribution in [2.45, 2.75) is 6.92 Å². The normalized spacial score (nSPS) is 16.1. The first kappa shape index (κ1) is 18.3. The van der Waals surface area contributed by atoms with Gasteiger partial charge in [-0.1, -0.05) is 30.3 Å². The van der Waals surface area contributed by atoms with E-state index < -0.39 is 10.0 Å². The van der Waals surface area contributed by atoms with Crippen molar-refractivity contribution in [2.75, 3.05) is 26.2 Å². The first-order valence-corrected chi connectivity index (χ1v) is 9.91. The number of benzene rings is 1. The number of sulfonamides is 1. The highest BCUT2D eigenvalue weighted by molar-refractivity contribution is 7.92. The van der Waals surface area contributed by atoms with Crippen molar-refractivity contribution in [2.24, 2.45) is 0 Å². The SMILES string of the molecule is Cc1ccc(C(=O)N2CCN(S(=O)(=O)C=Cc3ccccc3)CC2)cn1. The molecular formula is C19H21N3O3S. The molecule has 2 aromatic rings. The van der Waals surface area contributed by atoms with Crippen LogP contribution in [0.25, 0.3) is 6.08 Å². The summed E-state index contributed by atoms with van der Waals surface area (Å²) >= 11 is 0. The van der Waals surface area contributed by atoms with E-state index in [2.05, 4.69) is 4.98 Å². The van der Waals surface area contributed by atoms with Crippen molar-refractivity contribution < 1.29 is 13.2 Å². The fourth-order valence-corrected chi connectivity index (χ4v) is 3.91. The molecule has 26 heavy (non-hydrogen) atoms. The number of hydrogen-bond donors (Lipinski definition) is 0. The topological polar surface area (TPSA) is 70.6 Å². The molecule has 1 aliphatic rings. The lowest BCUT2D eigenvalue weighted by Gasteiger charge is -2.33. The highest BCUT2D eigenvalue weighted by atomic mass is 32.2. The zero-order chi connectivity index (χ0) is 18.6. The smallest absolute Gasteiger partial charge is 0.255 e. The summed E-state index contributed by atoms with van der Waals surface area (Å²) in [7, 11) is -3.50. The molecule has 3 rings (SSSR count). The van der Waals surface area contributed by atoms with Gasteiger partial charge in [0.2, 0.25) is 10.0 Å². The van der Waals surface area contributed by atoms with E-state index in [1.54, 1.807) is 29.3 Å². The Labute approximate surface area is 153 Å². The standard InChI is InChI=1S/C19H21N3O3S/c1-16-7-8-18(15-20-16)19(23)21-10-12-22(13-11-21)26(24,25)14-9-17-5-3-2-4-6-17/h2-9,14-15H,10-13H2,1H3. The molecule has 0 aliphatic carbocycles. The second kappa shape index (κ2) is 7.80. The summed E-state index contributed by atoms with van der Waals surface area (Å²) in [5.74, 6) is -0.116. The third kappa shape index (κ3) is 4.36. The molecule has 0 unspecified atom stereocenters. The second-order valence-corrected chi connectivity index (χ2v) is 7.96. The Kier molecular flexibility index (Phi) is 5.49. The zero-order valence-electron chi connectivity index (χ0n) is 14.6. The lowest BCUT2D eigenvalue weighted by atomic mass is 10.2.